The Kier molecular flexibility index (Phi) is 39.8. The number of esters is 2. The van der Waals surface area contributed by atoms with E-state index in [0.717, 1.165) is 77.0 Å². The first-order valence-electron chi connectivity index (χ1n) is 22.3. The zero-order valence-electron chi connectivity index (χ0n) is 37.9. The second kappa shape index (κ2) is 42.1. The van der Waals surface area contributed by atoms with Crippen LogP contribution in [0.2, 0.25) is 0 Å². The number of aliphatic hydroxyl groups excluding tert-OH is 2. The van der Waals surface area contributed by atoms with Crippen molar-refractivity contribution in [3.63, 3.8) is 0 Å². The number of rotatable bonds is 40. The molecule has 0 aliphatic rings. The van der Waals surface area contributed by atoms with Gasteiger partial charge in [-0.3, -0.25) is 23.2 Å². The lowest BCUT2D eigenvalue weighted by Crippen LogP contribution is -2.29. The molecule has 16 heteroatoms. The monoisotopic (exact) mass is 938 g/mol. The second-order valence-corrected chi connectivity index (χ2v) is 17.1. The van der Waals surface area contributed by atoms with Crippen LogP contribution >= 0.6 is 15.6 Å². The molecule has 5 N–H and O–H groups in total. The van der Waals surface area contributed by atoms with E-state index in [1.165, 1.54) is 0 Å². The summed E-state index contributed by atoms with van der Waals surface area (Å²) in [5.41, 5.74) is 0. The molecular weight excluding hydrogens is 862 g/mol. The van der Waals surface area contributed by atoms with Crippen molar-refractivity contribution in [3.8, 4) is 0 Å². The molecule has 2 unspecified atom stereocenters. The molecule has 0 heterocycles. The molecule has 0 aromatic carbocycles. The summed E-state index contributed by atoms with van der Waals surface area (Å²) in [5.74, 6) is -1.25. The minimum Gasteiger partial charge on any atom is -0.462 e. The van der Waals surface area contributed by atoms with E-state index >= 15 is 0 Å². The zero-order valence-corrected chi connectivity index (χ0v) is 39.7. The van der Waals surface area contributed by atoms with Crippen molar-refractivity contribution < 1.29 is 66.7 Å². The van der Waals surface area contributed by atoms with Gasteiger partial charge in [0.25, 0.3) is 0 Å². The van der Waals surface area contributed by atoms with Gasteiger partial charge in [0.15, 0.2) is 6.10 Å². The number of phosphoric acid groups is 2. The van der Waals surface area contributed by atoms with Gasteiger partial charge in [-0.2, -0.15) is 0 Å². The van der Waals surface area contributed by atoms with Crippen molar-refractivity contribution in [3.05, 3.63) is 122 Å². The number of carbonyl (C=O) groups excluding carboxylic acids is 2. The van der Waals surface area contributed by atoms with E-state index in [1.807, 2.05) is 12.2 Å². The normalized spacial score (nSPS) is 15.5. The summed E-state index contributed by atoms with van der Waals surface area (Å²) in [5, 5.41) is 20.0. The summed E-state index contributed by atoms with van der Waals surface area (Å²) in [6, 6.07) is 0. The van der Waals surface area contributed by atoms with Crippen LogP contribution in [-0.4, -0.2) is 81.6 Å². The van der Waals surface area contributed by atoms with Crippen LogP contribution in [0.25, 0.3) is 0 Å². The number of phosphoric ester groups is 2. The first kappa shape index (κ1) is 60.5. The van der Waals surface area contributed by atoms with Crippen molar-refractivity contribution in [2.45, 2.75) is 141 Å². The minimum absolute atomic E-state index is 0.0248. The van der Waals surface area contributed by atoms with E-state index in [9.17, 15) is 33.8 Å². The molecule has 0 aromatic rings. The number of hydrogen-bond donors (Lipinski definition) is 5. The van der Waals surface area contributed by atoms with Crippen LogP contribution in [0.15, 0.2) is 122 Å². The van der Waals surface area contributed by atoms with Crippen molar-refractivity contribution in [1.29, 1.82) is 0 Å². The Morgan fingerprint density at radius 2 is 1.02 bits per heavy atom. The Labute approximate surface area is 382 Å². The lowest BCUT2D eigenvalue weighted by Gasteiger charge is -2.20. The van der Waals surface area contributed by atoms with Crippen LogP contribution in [0.3, 0.4) is 0 Å². The molecule has 0 rings (SSSR count). The molecule has 64 heavy (non-hydrogen) atoms. The predicted octanol–water partition coefficient (Wildman–Crippen LogP) is 10.6. The highest BCUT2D eigenvalue weighted by Crippen LogP contribution is 2.43. The molecule has 0 saturated heterocycles. The van der Waals surface area contributed by atoms with Gasteiger partial charge in [-0.05, 0) is 83.5 Å². The maximum Gasteiger partial charge on any atom is 0.472 e. The summed E-state index contributed by atoms with van der Waals surface area (Å²) in [4.78, 5) is 52.7. The summed E-state index contributed by atoms with van der Waals surface area (Å²) in [6.45, 7) is 1.28. The molecule has 0 aromatic heterocycles. The largest absolute Gasteiger partial charge is 0.472 e. The van der Waals surface area contributed by atoms with Crippen molar-refractivity contribution >= 4 is 27.6 Å². The zero-order chi connectivity index (χ0) is 47.4. The van der Waals surface area contributed by atoms with Gasteiger partial charge in [-0.1, -0.05) is 148 Å². The molecule has 362 valence electrons. The summed E-state index contributed by atoms with van der Waals surface area (Å²) in [6.07, 6.45) is 49.3. The first-order chi connectivity index (χ1) is 30.8. The Hall–Kier alpha value is -3.52. The third-order valence-corrected chi connectivity index (χ3v) is 9.87. The predicted molar refractivity (Wildman–Crippen MR) is 254 cm³/mol. The van der Waals surface area contributed by atoms with E-state index in [4.69, 9.17) is 23.8 Å². The molecule has 0 aliphatic carbocycles. The quantitative estimate of drug-likeness (QED) is 0.0127. The highest BCUT2D eigenvalue weighted by Gasteiger charge is 2.28. The minimum atomic E-state index is -4.89. The fraction of sp³-hybridized carbons (Fsp3) is 0.542. The Morgan fingerprint density at radius 1 is 0.516 bits per heavy atom. The van der Waals surface area contributed by atoms with Crippen molar-refractivity contribution in [2.24, 2.45) is 0 Å². The van der Waals surface area contributed by atoms with Crippen LogP contribution in [-0.2, 0) is 41.8 Å². The number of ether oxygens (including phenoxy) is 2. The topological polar surface area (TPSA) is 216 Å². The summed E-state index contributed by atoms with van der Waals surface area (Å²) < 4.78 is 47.6. The lowest BCUT2D eigenvalue weighted by atomic mass is 10.1. The number of aliphatic hydroxyl groups is 2. The van der Waals surface area contributed by atoms with Crippen molar-refractivity contribution in [2.75, 3.05) is 26.4 Å². The number of unbranched alkanes of at least 4 members (excludes halogenated alkanes) is 4. The van der Waals surface area contributed by atoms with Gasteiger partial charge in [0.05, 0.1) is 25.9 Å². The average Bonchev–Trinajstić information content (AvgIpc) is 3.25. The third-order valence-electron chi connectivity index (χ3n) is 8.43. The maximum atomic E-state index is 12.7. The number of hydrogen-bond acceptors (Lipinski definition) is 11. The molecule has 14 nitrogen and oxygen atoms in total. The molecule has 0 amide bonds. The van der Waals surface area contributed by atoms with Gasteiger partial charge < -0.3 is 34.4 Å². The van der Waals surface area contributed by atoms with E-state index < -0.39 is 72.3 Å². The molecule has 0 aliphatic heterocycles. The van der Waals surface area contributed by atoms with Gasteiger partial charge in [-0.15, -0.1) is 0 Å². The molecule has 0 bridgehead atoms. The smallest absolute Gasteiger partial charge is 0.462 e. The fourth-order valence-corrected chi connectivity index (χ4v) is 6.25. The van der Waals surface area contributed by atoms with Crippen LogP contribution in [0.4, 0.5) is 0 Å². The molecule has 0 saturated carbocycles. The van der Waals surface area contributed by atoms with E-state index in [0.29, 0.717) is 19.3 Å². The van der Waals surface area contributed by atoms with Gasteiger partial charge in [0.2, 0.25) is 0 Å². The first-order valence-corrected chi connectivity index (χ1v) is 25.4. The van der Waals surface area contributed by atoms with Gasteiger partial charge in [-0.25, -0.2) is 9.13 Å². The molecule has 0 fully saturated rings. The van der Waals surface area contributed by atoms with Crippen LogP contribution < -0.4 is 0 Å². The standard InChI is InChI=1S/C48H76O14P2/c1-3-5-7-9-11-13-15-17-18-19-20-22-24-26-28-30-34-39-48(52)62-46(43-61-64(56,57)60-41-45(50)40-59-63(53,54)55)42-58-47(51)38-35-31-33-37-44(49)36-32-29-27-25-23-21-16-14-12-10-8-6-4-2/h5-8,11-14,17-18,20-23,27,29,31-33,36,44-46,49-50H,3-4,9-10,15-16,19,24-26,28,30,34-35,37-43H2,1-2H3,(H,56,57)(H2,53,54,55)/b7-5-,8-6-,13-11-,14-12-,18-17-,22-20-,23-21-,29-27-,33-31-,36-32-/t44?,45-,46+/m0/s1. The van der Waals surface area contributed by atoms with Crippen LogP contribution in [0.5, 0.6) is 0 Å². The van der Waals surface area contributed by atoms with E-state index in [1.54, 1.807) is 24.3 Å². The highest BCUT2D eigenvalue weighted by atomic mass is 31.2. The molecule has 4 atom stereocenters. The van der Waals surface area contributed by atoms with E-state index in [-0.39, 0.29) is 12.8 Å². The highest BCUT2D eigenvalue weighted by molar-refractivity contribution is 7.47. The van der Waals surface area contributed by atoms with Crippen LogP contribution in [0, 0.1) is 0 Å². The number of carbonyl (C=O) groups is 2. The molecule has 0 radical (unpaired) electrons. The van der Waals surface area contributed by atoms with Crippen molar-refractivity contribution in [1.82, 2.24) is 0 Å². The molecular formula is C48H76O14P2. The van der Waals surface area contributed by atoms with Crippen LogP contribution in [0.1, 0.15) is 123 Å². The summed E-state index contributed by atoms with van der Waals surface area (Å²) >= 11 is 0. The Bertz CT molecular complexity index is 1600. The third kappa shape index (κ3) is 45.1. The van der Waals surface area contributed by atoms with Gasteiger partial charge in [0.1, 0.15) is 12.7 Å². The Morgan fingerprint density at radius 3 is 1.59 bits per heavy atom. The van der Waals surface area contributed by atoms with E-state index in [2.05, 4.69) is 108 Å². The lowest BCUT2D eigenvalue weighted by molar-refractivity contribution is -0.161. The van der Waals surface area contributed by atoms with Gasteiger partial charge in [0, 0.05) is 12.8 Å². The SMILES string of the molecule is CC/C=C\C/C=C\C/C=C\C/C=C\C=C/C(O)C/C=C\CCC(=O)OC[C@H](COP(=O)(O)OC[C@@H](O)COP(=O)(O)O)OC(=O)CCCCCC/C=C\C/C=C\C/C=C\C/C=C\CC. The second-order valence-electron chi connectivity index (χ2n) is 14.4. The summed E-state index contributed by atoms with van der Waals surface area (Å²) in [7, 11) is -9.76. The maximum absolute atomic E-state index is 12.7. The fourth-order valence-electron chi connectivity index (χ4n) is 5.09. The average molecular weight is 939 g/mol. The molecule has 0 spiro atoms. The van der Waals surface area contributed by atoms with Gasteiger partial charge >= 0.3 is 27.6 Å². The Balaban J connectivity index is 4.77. The number of allylic oxidation sites excluding steroid dienone is 18.